The fourth-order valence-electron chi connectivity index (χ4n) is 1.31. The van der Waals surface area contributed by atoms with E-state index >= 15 is 0 Å². The van der Waals surface area contributed by atoms with Crippen molar-refractivity contribution in [1.29, 1.82) is 0 Å². The summed E-state index contributed by atoms with van der Waals surface area (Å²) in [6.45, 7) is 0. The van der Waals surface area contributed by atoms with Gasteiger partial charge >= 0.3 is 0 Å². The average Bonchev–Trinajstić information content (AvgIpc) is 2.59. The van der Waals surface area contributed by atoms with Gasteiger partial charge in [0.2, 0.25) is 0 Å². The lowest BCUT2D eigenvalue weighted by Gasteiger charge is -2.02. The van der Waals surface area contributed by atoms with Gasteiger partial charge in [-0.25, -0.2) is 13.8 Å². The molecule has 2 aromatic heterocycles. The Kier molecular flexibility index (Phi) is 2.60. The summed E-state index contributed by atoms with van der Waals surface area (Å²) in [4.78, 5) is 3.79. The van der Waals surface area contributed by atoms with E-state index in [-0.39, 0.29) is 5.69 Å². The number of imidazole rings is 1. The molecule has 0 aliphatic rings. The largest absolute Gasteiger partial charge is 0.493 e. The number of fused-ring (bicyclic) bond motifs is 1. The maximum Gasteiger partial charge on any atom is 0.281 e. The SMILES string of the molecule is COc1cc(Br)cn2cc(C(F)F)nc12. The normalized spacial score (nSPS) is 11.3. The summed E-state index contributed by atoms with van der Waals surface area (Å²) in [5.74, 6) is 0.455. The third-order valence-corrected chi connectivity index (χ3v) is 2.38. The smallest absolute Gasteiger partial charge is 0.281 e. The van der Waals surface area contributed by atoms with Crippen LogP contribution in [0.25, 0.3) is 5.65 Å². The highest BCUT2D eigenvalue weighted by molar-refractivity contribution is 9.10. The third-order valence-electron chi connectivity index (χ3n) is 1.95. The van der Waals surface area contributed by atoms with E-state index in [1.165, 1.54) is 17.7 Å². The Morgan fingerprint density at radius 3 is 2.80 bits per heavy atom. The van der Waals surface area contributed by atoms with Crippen LogP contribution in [0, 0.1) is 0 Å². The highest BCUT2D eigenvalue weighted by atomic mass is 79.9. The molecule has 0 spiro atoms. The number of nitrogens with zero attached hydrogens (tertiary/aromatic N) is 2. The van der Waals surface area contributed by atoms with Crippen LogP contribution in [0.1, 0.15) is 12.1 Å². The first-order valence-corrected chi connectivity index (χ1v) is 4.91. The minimum atomic E-state index is -2.58. The van der Waals surface area contributed by atoms with Crippen molar-refractivity contribution in [2.45, 2.75) is 6.43 Å². The topological polar surface area (TPSA) is 26.5 Å². The molecule has 2 aromatic rings. The molecule has 2 rings (SSSR count). The van der Waals surface area contributed by atoms with E-state index in [0.29, 0.717) is 11.4 Å². The number of methoxy groups -OCH3 is 1. The highest BCUT2D eigenvalue weighted by Gasteiger charge is 2.14. The molecule has 0 saturated heterocycles. The van der Waals surface area contributed by atoms with Crippen molar-refractivity contribution in [1.82, 2.24) is 9.38 Å². The van der Waals surface area contributed by atoms with E-state index in [1.54, 1.807) is 12.3 Å². The zero-order valence-electron chi connectivity index (χ0n) is 7.75. The number of rotatable bonds is 2. The molecule has 0 radical (unpaired) electrons. The Morgan fingerprint density at radius 2 is 2.20 bits per heavy atom. The molecule has 6 heteroatoms. The van der Waals surface area contributed by atoms with E-state index in [0.717, 1.165) is 4.47 Å². The van der Waals surface area contributed by atoms with Gasteiger partial charge in [0.05, 0.1) is 7.11 Å². The van der Waals surface area contributed by atoms with Crippen molar-refractivity contribution < 1.29 is 13.5 Å². The van der Waals surface area contributed by atoms with Crippen LogP contribution in [0.15, 0.2) is 22.9 Å². The summed E-state index contributed by atoms with van der Waals surface area (Å²) in [5, 5.41) is 0. The summed E-state index contributed by atoms with van der Waals surface area (Å²) in [6, 6.07) is 1.68. The molecule has 0 saturated carbocycles. The molecular weight excluding hydrogens is 270 g/mol. The van der Waals surface area contributed by atoms with Gasteiger partial charge in [-0.1, -0.05) is 0 Å². The van der Waals surface area contributed by atoms with Crippen LogP contribution in [0.4, 0.5) is 8.78 Å². The molecule has 0 bridgehead atoms. The second-order valence-electron chi connectivity index (χ2n) is 2.92. The average molecular weight is 277 g/mol. The van der Waals surface area contributed by atoms with Crippen molar-refractivity contribution in [2.75, 3.05) is 7.11 Å². The van der Waals surface area contributed by atoms with E-state index in [1.807, 2.05) is 0 Å². The van der Waals surface area contributed by atoms with E-state index < -0.39 is 6.43 Å². The number of hydrogen-bond donors (Lipinski definition) is 0. The summed E-state index contributed by atoms with van der Waals surface area (Å²) >= 11 is 3.25. The van der Waals surface area contributed by atoms with Crippen molar-refractivity contribution in [3.8, 4) is 5.75 Å². The molecule has 15 heavy (non-hydrogen) atoms. The molecule has 0 aromatic carbocycles. The van der Waals surface area contributed by atoms with Gasteiger partial charge in [-0.15, -0.1) is 0 Å². The van der Waals surface area contributed by atoms with Crippen molar-refractivity contribution in [3.05, 3.63) is 28.6 Å². The second kappa shape index (κ2) is 3.77. The minimum Gasteiger partial charge on any atom is -0.493 e. The van der Waals surface area contributed by atoms with Gasteiger partial charge in [0.1, 0.15) is 5.69 Å². The number of ether oxygens (including phenoxy) is 1. The van der Waals surface area contributed by atoms with Crippen LogP contribution in [0.5, 0.6) is 5.75 Å². The first-order valence-electron chi connectivity index (χ1n) is 4.12. The maximum atomic E-state index is 12.4. The van der Waals surface area contributed by atoms with Crippen LogP contribution in [0.2, 0.25) is 0 Å². The van der Waals surface area contributed by atoms with Crippen LogP contribution in [-0.2, 0) is 0 Å². The Morgan fingerprint density at radius 1 is 1.47 bits per heavy atom. The lowest BCUT2D eigenvalue weighted by Crippen LogP contribution is -1.90. The fourth-order valence-corrected chi connectivity index (χ4v) is 1.74. The Hall–Kier alpha value is -1.17. The number of halogens is 3. The highest BCUT2D eigenvalue weighted by Crippen LogP contribution is 2.26. The monoisotopic (exact) mass is 276 g/mol. The summed E-state index contributed by atoms with van der Waals surface area (Å²) in [5.41, 5.74) is 0.127. The first kappa shape index (κ1) is 10.4. The first-order chi connectivity index (χ1) is 7.11. The summed E-state index contributed by atoms with van der Waals surface area (Å²) < 4.78 is 32.1. The maximum absolute atomic E-state index is 12.4. The predicted octanol–water partition coefficient (Wildman–Crippen LogP) is 3.04. The van der Waals surface area contributed by atoms with E-state index in [2.05, 4.69) is 20.9 Å². The van der Waals surface area contributed by atoms with Crippen LogP contribution in [0.3, 0.4) is 0 Å². The number of hydrogen-bond acceptors (Lipinski definition) is 2. The summed E-state index contributed by atoms with van der Waals surface area (Å²) in [7, 11) is 1.47. The Balaban J connectivity index is 2.68. The molecule has 80 valence electrons. The zero-order valence-corrected chi connectivity index (χ0v) is 9.33. The fraction of sp³-hybridized carbons (Fsp3) is 0.222. The molecule has 0 atom stereocenters. The van der Waals surface area contributed by atoms with Gasteiger partial charge in [-0.05, 0) is 22.0 Å². The molecule has 0 aliphatic carbocycles. The molecule has 2 heterocycles. The molecule has 0 fully saturated rings. The standard InChI is InChI=1S/C9H7BrF2N2O/c1-15-7-2-5(10)3-14-4-6(8(11)12)13-9(7)14/h2-4,8H,1H3. The predicted molar refractivity (Wildman–Crippen MR) is 54.4 cm³/mol. The van der Waals surface area contributed by atoms with E-state index in [9.17, 15) is 8.78 Å². The molecule has 0 aliphatic heterocycles. The summed E-state index contributed by atoms with van der Waals surface area (Å²) in [6.07, 6.45) is 0.359. The molecular formula is C9H7BrF2N2O. The van der Waals surface area contributed by atoms with Gasteiger partial charge in [0.25, 0.3) is 6.43 Å². The molecule has 0 unspecified atom stereocenters. The number of aromatic nitrogens is 2. The minimum absolute atomic E-state index is 0.258. The lowest BCUT2D eigenvalue weighted by atomic mass is 10.4. The van der Waals surface area contributed by atoms with Gasteiger partial charge < -0.3 is 9.14 Å². The third kappa shape index (κ3) is 1.81. The quantitative estimate of drug-likeness (QED) is 0.843. The number of alkyl halides is 2. The van der Waals surface area contributed by atoms with Crippen molar-refractivity contribution >= 4 is 21.6 Å². The van der Waals surface area contributed by atoms with Crippen LogP contribution in [-0.4, -0.2) is 16.5 Å². The zero-order chi connectivity index (χ0) is 11.0. The van der Waals surface area contributed by atoms with Gasteiger partial charge in [-0.2, -0.15) is 0 Å². The van der Waals surface area contributed by atoms with Crippen molar-refractivity contribution in [3.63, 3.8) is 0 Å². The van der Waals surface area contributed by atoms with Crippen LogP contribution < -0.4 is 4.74 Å². The molecule has 0 N–H and O–H groups in total. The van der Waals surface area contributed by atoms with E-state index in [4.69, 9.17) is 4.74 Å². The number of pyridine rings is 1. The van der Waals surface area contributed by atoms with Gasteiger partial charge in [-0.3, -0.25) is 0 Å². The van der Waals surface area contributed by atoms with Gasteiger partial charge in [0.15, 0.2) is 11.4 Å². The lowest BCUT2D eigenvalue weighted by molar-refractivity contribution is 0.147. The Bertz CT molecular complexity index is 498. The second-order valence-corrected chi connectivity index (χ2v) is 3.84. The Labute approximate surface area is 92.8 Å². The van der Waals surface area contributed by atoms with Gasteiger partial charge in [0, 0.05) is 16.9 Å². The van der Waals surface area contributed by atoms with Crippen molar-refractivity contribution in [2.24, 2.45) is 0 Å². The molecule has 0 amide bonds. The molecule has 3 nitrogen and oxygen atoms in total. The van der Waals surface area contributed by atoms with Crippen LogP contribution >= 0.6 is 15.9 Å².